The smallest absolute Gasteiger partial charge is 0.186 e. The Kier molecular flexibility index (Phi) is 8.59. The molecule has 0 aromatic carbocycles. The second-order valence-electron chi connectivity index (χ2n) is 8.64. The van der Waals surface area contributed by atoms with E-state index < -0.39 is 80.0 Å². The minimum atomic E-state index is -1.41. The third-order valence-corrected chi connectivity index (χ3v) is 6.34. The number of aliphatic hydroxyl groups excluding tert-OH is 4. The van der Waals surface area contributed by atoms with Crippen LogP contribution in [0.2, 0.25) is 0 Å². The number of hydrogen-bond donors (Lipinski definition) is 9. The standard InChI is InChI=1S/C18H37N5O8/c19-4-6-1-2-7(20)17(28-6)30-15-8(21)3-9(22)16(14(15)27)31-18-13(26)11(23)12(25)10(5-24)29-18/h6-18,24-27H,1-5,19-23H2/t6?,7-,8?,9+,10?,11?,12+,13-,14-,15?,16?,17+,18-/m0/s1. The molecule has 182 valence electrons. The van der Waals surface area contributed by atoms with Gasteiger partial charge in [0.25, 0.3) is 0 Å². The van der Waals surface area contributed by atoms with Crippen LogP contribution in [0.3, 0.4) is 0 Å². The molecule has 31 heavy (non-hydrogen) atoms. The number of aliphatic hydroxyl groups is 4. The van der Waals surface area contributed by atoms with Gasteiger partial charge in [0.2, 0.25) is 0 Å². The van der Waals surface area contributed by atoms with Gasteiger partial charge in [-0.2, -0.15) is 0 Å². The lowest BCUT2D eigenvalue weighted by molar-refractivity contribution is -0.313. The highest BCUT2D eigenvalue weighted by molar-refractivity contribution is 5.00. The lowest BCUT2D eigenvalue weighted by Gasteiger charge is -2.47. The Morgan fingerprint density at radius 1 is 0.774 bits per heavy atom. The van der Waals surface area contributed by atoms with Crippen LogP contribution in [-0.4, -0.2) is 113 Å². The van der Waals surface area contributed by atoms with E-state index in [1.807, 2.05) is 0 Å². The Balaban J connectivity index is 1.69. The maximum absolute atomic E-state index is 11.0. The van der Waals surface area contributed by atoms with Gasteiger partial charge in [-0.1, -0.05) is 0 Å². The third kappa shape index (κ3) is 5.35. The first-order valence-electron chi connectivity index (χ1n) is 10.7. The second kappa shape index (κ2) is 10.6. The summed E-state index contributed by atoms with van der Waals surface area (Å²) in [5, 5.41) is 40.7. The lowest BCUT2D eigenvalue weighted by atomic mass is 9.84. The van der Waals surface area contributed by atoms with Gasteiger partial charge < -0.3 is 68.0 Å². The van der Waals surface area contributed by atoms with Crippen molar-refractivity contribution in [3.63, 3.8) is 0 Å². The zero-order chi connectivity index (χ0) is 22.9. The Morgan fingerprint density at radius 3 is 1.97 bits per heavy atom. The van der Waals surface area contributed by atoms with Crippen molar-refractivity contribution in [3.05, 3.63) is 0 Å². The molecule has 0 bridgehead atoms. The van der Waals surface area contributed by atoms with Gasteiger partial charge in [-0.15, -0.1) is 0 Å². The number of ether oxygens (including phenoxy) is 4. The fraction of sp³-hybridized carbons (Fsp3) is 1.00. The van der Waals surface area contributed by atoms with Crippen LogP contribution in [0.25, 0.3) is 0 Å². The molecule has 2 saturated heterocycles. The third-order valence-electron chi connectivity index (χ3n) is 6.34. The SMILES string of the molecule is NCC1CC[C@H](N)[C@@H](OC2C(N)C[C@@H](N)C(O[C@@H]3OC(CO)[C@@H](O)C(N)[C@@H]3O)[C@H]2O)O1. The molecule has 0 amide bonds. The molecule has 0 radical (unpaired) electrons. The fourth-order valence-corrected chi connectivity index (χ4v) is 4.36. The summed E-state index contributed by atoms with van der Waals surface area (Å²) in [5.74, 6) is 0. The lowest BCUT2D eigenvalue weighted by Crippen LogP contribution is -2.68. The quantitative estimate of drug-likeness (QED) is 0.183. The van der Waals surface area contributed by atoms with E-state index in [1.54, 1.807) is 0 Å². The van der Waals surface area contributed by atoms with Crippen LogP contribution in [-0.2, 0) is 18.9 Å². The summed E-state index contributed by atoms with van der Waals surface area (Å²) >= 11 is 0. The largest absolute Gasteiger partial charge is 0.394 e. The van der Waals surface area contributed by atoms with Crippen molar-refractivity contribution in [2.45, 2.75) is 98.7 Å². The number of nitrogens with two attached hydrogens (primary N) is 5. The molecule has 0 spiro atoms. The molecule has 13 atom stereocenters. The highest BCUT2D eigenvalue weighted by Gasteiger charge is 2.49. The van der Waals surface area contributed by atoms with E-state index in [0.717, 1.165) is 0 Å². The van der Waals surface area contributed by atoms with Crippen molar-refractivity contribution >= 4 is 0 Å². The van der Waals surface area contributed by atoms with Crippen molar-refractivity contribution < 1.29 is 39.4 Å². The van der Waals surface area contributed by atoms with Gasteiger partial charge in [0.1, 0.15) is 36.6 Å². The molecule has 3 rings (SSSR count). The molecule has 0 aromatic heterocycles. The maximum atomic E-state index is 11.0. The normalized spacial score (nSPS) is 51.6. The molecular weight excluding hydrogens is 414 g/mol. The van der Waals surface area contributed by atoms with Gasteiger partial charge in [-0.05, 0) is 19.3 Å². The highest BCUT2D eigenvalue weighted by Crippen LogP contribution is 2.30. The Hall–Kier alpha value is -0.520. The summed E-state index contributed by atoms with van der Waals surface area (Å²) < 4.78 is 23.0. The first kappa shape index (κ1) is 25.1. The number of hydrogen-bond acceptors (Lipinski definition) is 13. The molecule has 3 aliphatic rings. The van der Waals surface area contributed by atoms with Crippen LogP contribution < -0.4 is 28.7 Å². The average Bonchev–Trinajstić information content (AvgIpc) is 2.75. The predicted molar refractivity (Wildman–Crippen MR) is 107 cm³/mol. The molecule has 2 aliphatic heterocycles. The van der Waals surface area contributed by atoms with Crippen molar-refractivity contribution in [2.75, 3.05) is 13.2 Å². The van der Waals surface area contributed by atoms with Gasteiger partial charge >= 0.3 is 0 Å². The van der Waals surface area contributed by atoms with E-state index >= 15 is 0 Å². The van der Waals surface area contributed by atoms with Crippen molar-refractivity contribution in [3.8, 4) is 0 Å². The van der Waals surface area contributed by atoms with Gasteiger partial charge in [0, 0.05) is 18.6 Å². The molecular formula is C18H37N5O8. The molecule has 0 aromatic rings. The Bertz CT molecular complexity index is 577. The average molecular weight is 452 g/mol. The monoisotopic (exact) mass is 451 g/mol. The van der Waals surface area contributed by atoms with Crippen molar-refractivity contribution in [2.24, 2.45) is 28.7 Å². The van der Waals surface area contributed by atoms with Crippen LogP contribution in [0.15, 0.2) is 0 Å². The predicted octanol–water partition coefficient (Wildman–Crippen LogP) is -5.27. The van der Waals surface area contributed by atoms with E-state index in [-0.39, 0.29) is 12.5 Å². The first-order chi connectivity index (χ1) is 14.7. The summed E-state index contributed by atoms with van der Waals surface area (Å²) in [6.07, 6.45) is -7.72. The van der Waals surface area contributed by atoms with Gasteiger partial charge in [-0.3, -0.25) is 0 Å². The van der Waals surface area contributed by atoms with Crippen LogP contribution in [0.4, 0.5) is 0 Å². The van der Waals surface area contributed by atoms with E-state index in [2.05, 4.69) is 0 Å². The molecule has 3 fully saturated rings. The first-order valence-corrected chi connectivity index (χ1v) is 10.7. The molecule has 1 saturated carbocycles. The van der Waals surface area contributed by atoms with E-state index in [9.17, 15) is 20.4 Å². The number of rotatable bonds is 6. The molecule has 6 unspecified atom stereocenters. The van der Waals surface area contributed by atoms with Crippen LogP contribution in [0.5, 0.6) is 0 Å². The van der Waals surface area contributed by atoms with Gasteiger partial charge in [0.15, 0.2) is 12.6 Å². The van der Waals surface area contributed by atoms with Crippen molar-refractivity contribution in [1.82, 2.24) is 0 Å². The Morgan fingerprint density at radius 2 is 1.39 bits per heavy atom. The van der Waals surface area contributed by atoms with Gasteiger partial charge in [0.05, 0.1) is 24.8 Å². The zero-order valence-electron chi connectivity index (χ0n) is 17.3. The summed E-state index contributed by atoms with van der Waals surface area (Å²) in [6.45, 7) is -0.214. The molecule has 2 heterocycles. The van der Waals surface area contributed by atoms with Crippen LogP contribution in [0.1, 0.15) is 19.3 Å². The summed E-state index contributed by atoms with van der Waals surface area (Å²) in [7, 11) is 0. The van der Waals surface area contributed by atoms with E-state index in [1.165, 1.54) is 0 Å². The fourth-order valence-electron chi connectivity index (χ4n) is 4.36. The minimum absolute atomic E-state index is 0.204. The van der Waals surface area contributed by atoms with Crippen LogP contribution in [0, 0.1) is 0 Å². The van der Waals surface area contributed by atoms with Crippen LogP contribution >= 0.6 is 0 Å². The van der Waals surface area contributed by atoms with Crippen molar-refractivity contribution in [1.29, 1.82) is 0 Å². The highest BCUT2D eigenvalue weighted by atomic mass is 16.7. The summed E-state index contributed by atoms with van der Waals surface area (Å²) in [6, 6.07) is -2.85. The zero-order valence-corrected chi connectivity index (χ0v) is 17.3. The molecule has 13 heteroatoms. The maximum Gasteiger partial charge on any atom is 0.186 e. The van der Waals surface area contributed by atoms with Gasteiger partial charge in [-0.25, -0.2) is 0 Å². The molecule has 1 aliphatic carbocycles. The minimum Gasteiger partial charge on any atom is -0.394 e. The summed E-state index contributed by atoms with van der Waals surface area (Å²) in [5.41, 5.74) is 30.0. The summed E-state index contributed by atoms with van der Waals surface area (Å²) in [4.78, 5) is 0. The van der Waals surface area contributed by atoms with E-state index in [0.29, 0.717) is 19.4 Å². The molecule has 13 nitrogen and oxygen atoms in total. The molecule has 14 N–H and O–H groups in total. The topological polar surface area (TPSA) is 248 Å². The van der Waals surface area contributed by atoms with E-state index in [4.69, 9.17) is 47.6 Å². The second-order valence-corrected chi connectivity index (χ2v) is 8.64. The Labute approximate surface area is 180 Å².